The van der Waals surface area contributed by atoms with Crippen LogP contribution in [-0.2, 0) is 17.4 Å². The van der Waals surface area contributed by atoms with E-state index in [1.165, 1.54) is 0 Å². The fourth-order valence-corrected chi connectivity index (χ4v) is 4.21. The van der Waals surface area contributed by atoms with Gasteiger partial charge in [0, 0.05) is 42.2 Å². The Labute approximate surface area is 185 Å². The molecule has 1 aliphatic heterocycles. The second-order valence-corrected chi connectivity index (χ2v) is 8.57. The van der Waals surface area contributed by atoms with E-state index in [4.69, 9.17) is 9.26 Å². The summed E-state index contributed by atoms with van der Waals surface area (Å²) in [6, 6.07) is 9.66. The van der Waals surface area contributed by atoms with E-state index in [1.807, 2.05) is 51.1 Å². The first-order valence-electron chi connectivity index (χ1n) is 10.7. The summed E-state index contributed by atoms with van der Waals surface area (Å²) in [5.74, 6) is 0.827. The van der Waals surface area contributed by atoms with Gasteiger partial charge in [-0.2, -0.15) is 4.98 Å². The zero-order chi connectivity index (χ0) is 22.5. The lowest BCUT2D eigenvalue weighted by atomic mass is 9.99. The monoisotopic (exact) mass is 431 g/mol. The molecule has 4 aromatic rings. The Hall–Kier alpha value is -3.52. The molecule has 164 valence electrons. The van der Waals surface area contributed by atoms with Crippen LogP contribution >= 0.6 is 0 Å². The molecule has 0 unspecified atom stereocenters. The van der Waals surface area contributed by atoms with Gasteiger partial charge in [-0.05, 0) is 74.2 Å². The maximum absolute atomic E-state index is 13.2. The smallest absolute Gasteiger partial charge is 0.267 e. The highest BCUT2D eigenvalue weighted by molar-refractivity contribution is 5.85. The lowest BCUT2D eigenvalue weighted by Gasteiger charge is -2.16. The van der Waals surface area contributed by atoms with Crippen LogP contribution < -0.4 is 10.9 Å². The Morgan fingerprint density at radius 2 is 2.00 bits per heavy atom. The molecular formula is C24H25N5O3. The van der Waals surface area contributed by atoms with E-state index in [-0.39, 0.29) is 5.56 Å². The molecular weight excluding hydrogens is 406 g/mol. The van der Waals surface area contributed by atoms with Gasteiger partial charge in [-0.15, -0.1) is 0 Å². The standard InChI is InChI=1S/C24H25N5O3/c1-14-6-7-17(26-23-27-22(32-28-23)24(3)8-5-9-31-24)12-18(14)19-11-16-13-25-15(2)10-20(16)29(4)21(19)30/h6-7,10-13H,5,8-9H2,1-4H3,(H,26,28)/t24-/m0/s1. The molecule has 0 bridgehead atoms. The topological polar surface area (TPSA) is 95.1 Å². The molecule has 1 saturated heterocycles. The van der Waals surface area contributed by atoms with E-state index in [0.29, 0.717) is 24.0 Å². The van der Waals surface area contributed by atoms with E-state index in [9.17, 15) is 4.79 Å². The minimum absolute atomic E-state index is 0.0588. The van der Waals surface area contributed by atoms with Crippen LogP contribution in [0.4, 0.5) is 11.6 Å². The number of anilines is 2. The number of hydrogen-bond acceptors (Lipinski definition) is 7. The second kappa shape index (κ2) is 7.56. The average molecular weight is 431 g/mol. The number of nitrogens with one attached hydrogen (secondary N) is 1. The van der Waals surface area contributed by atoms with E-state index < -0.39 is 5.60 Å². The lowest BCUT2D eigenvalue weighted by molar-refractivity contribution is -0.00937. The molecule has 1 fully saturated rings. The van der Waals surface area contributed by atoms with Gasteiger partial charge in [0.2, 0.25) is 0 Å². The SMILES string of the molecule is Cc1cc2c(cn1)cc(-c1cc(Nc3noc([C@]4(C)CCCO4)n3)ccc1C)c(=O)n2C. The summed E-state index contributed by atoms with van der Waals surface area (Å²) in [5, 5.41) is 8.16. The number of aryl methyl sites for hydroxylation is 3. The minimum atomic E-state index is -0.533. The van der Waals surface area contributed by atoms with Crippen LogP contribution in [0.5, 0.6) is 0 Å². The zero-order valence-electron chi connectivity index (χ0n) is 18.6. The molecule has 0 amide bonds. The Morgan fingerprint density at radius 3 is 2.78 bits per heavy atom. The molecule has 3 aromatic heterocycles. The predicted octanol–water partition coefficient (Wildman–Crippen LogP) is 4.37. The van der Waals surface area contributed by atoms with Crippen LogP contribution in [0.1, 0.15) is 36.9 Å². The summed E-state index contributed by atoms with van der Waals surface area (Å²) in [6.07, 6.45) is 3.62. The lowest BCUT2D eigenvalue weighted by Crippen LogP contribution is -2.20. The summed E-state index contributed by atoms with van der Waals surface area (Å²) < 4.78 is 12.9. The summed E-state index contributed by atoms with van der Waals surface area (Å²) in [4.78, 5) is 22.0. The number of fused-ring (bicyclic) bond motifs is 1. The van der Waals surface area contributed by atoms with E-state index in [1.54, 1.807) is 17.8 Å². The highest BCUT2D eigenvalue weighted by Crippen LogP contribution is 2.35. The highest BCUT2D eigenvalue weighted by atomic mass is 16.5. The first-order chi connectivity index (χ1) is 15.3. The van der Waals surface area contributed by atoms with Crippen molar-refractivity contribution in [2.75, 3.05) is 11.9 Å². The summed E-state index contributed by atoms with van der Waals surface area (Å²) in [6.45, 7) is 6.56. The number of rotatable bonds is 4. The molecule has 5 rings (SSSR count). The largest absolute Gasteiger partial charge is 0.365 e. The van der Waals surface area contributed by atoms with Gasteiger partial charge in [-0.1, -0.05) is 6.07 Å². The zero-order valence-corrected chi connectivity index (χ0v) is 18.6. The van der Waals surface area contributed by atoms with Crippen LogP contribution in [0.2, 0.25) is 0 Å². The van der Waals surface area contributed by atoms with Crippen LogP contribution in [0.25, 0.3) is 22.0 Å². The maximum Gasteiger partial charge on any atom is 0.267 e. The van der Waals surface area contributed by atoms with Crippen LogP contribution in [0.3, 0.4) is 0 Å². The quantitative estimate of drug-likeness (QED) is 0.513. The number of hydrogen-bond donors (Lipinski definition) is 1. The van der Waals surface area contributed by atoms with Gasteiger partial charge in [0.05, 0.1) is 5.52 Å². The maximum atomic E-state index is 13.2. The molecule has 0 spiro atoms. The minimum Gasteiger partial charge on any atom is -0.365 e. The molecule has 8 nitrogen and oxygen atoms in total. The van der Waals surface area contributed by atoms with Crippen molar-refractivity contribution < 1.29 is 9.26 Å². The fraction of sp³-hybridized carbons (Fsp3) is 0.333. The van der Waals surface area contributed by atoms with Crippen molar-refractivity contribution in [2.24, 2.45) is 7.05 Å². The van der Waals surface area contributed by atoms with Gasteiger partial charge < -0.3 is 19.1 Å². The van der Waals surface area contributed by atoms with Crippen molar-refractivity contribution in [3.8, 4) is 11.1 Å². The van der Waals surface area contributed by atoms with Gasteiger partial charge in [-0.25, -0.2) is 0 Å². The Kier molecular flexibility index (Phi) is 4.82. The molecule has 1 atom stereocenters. The summed E-state index contributed by atoms with van der Waals surface area (Å²) in [5.41, 5.74) is 4.36. The van der Waals surface area contributed by atoms with Gasteiger partial charge in [0.1, 0.15) is 5.60 Å². The molecule has 1 aliphatic rings. The van der Waals surface area contributed by atoms with Crippen molar-refractivity contribution in [1.82, 2.24) is 19.7 Å². The number of benzene rings is 1. The van der Waals surface area contributed by atoms with Crippen molar-refractivity contribution in [1.29, 1.82) is 0 Å². The number of nitrogens with zero attached hydrogens (tertiary/aromatic N) is 4. The fourth-order valence-electron chi connectivity index (χ4n) is 4.21. The van der Waals surface area contributed by atoms with E-state index >= 15 is 0 Å². The molecule has 4 heterocycles. The van der Waals surface area contributed by atoms with Gasteiger partial charge >= 0.3 is 0 Å². The molecule has 0 saturated carbocycles. The van der Waals surface area contributed by atoms with Crippen LogP contribution in [0.15, 0.2) is 45.8 Å². The van der Waals surface area contributed by atoms with Crippen molar-refractivity contribution in [3.63, 3.8) is 0 Å². The molecule has 0 radical (unpaired) electrons. The molecule has 1 N–H and O–H groups in total. The summed E-state index contributed by atoms with van der Waals surface area (Å²) >= 11 is 0. The first-order valence-corrected chi connectivity index (χ1v) is 10.7. The molecule has 0 aliphatic carbocycles. The summed E-state index contributed by atoms with van der Waals surface area (Å²) in [7, 11) is 1.79. The van der Waals surface area contributed by atoms with Crippen molar-refractivity contribution in [3.05, 3.63) is 64.0 Å². The second-order valence-electron chi connectivity index (χ2n) is 8.57. The normalized spacial score (nSPS) is 18.4. The highest BCUT2D eigenvalue weighted by Gasteiger charge is 2.37. The molecule has 1 aromatic carbocycles. The van der Waals surface area contributed by atoms with Gasteiger partial charge in [0.25, 0.3) is 17.4 Å². The third-order valence-corrected chi connectivity index (χ3v) is 6.13. The number of pyridine rings is 2. The van der Waals surface area contributed by atoms with E-state index in [0.717, 1.165) is 46.3 Å². The van der Waals surface area contributed by atoms with E-state index in [2.05, 4.69) is 20.4 Å². The number of aromatic nitrogens is 4. The van der Waals surface area contributed by atoms with Gasteiger partial charge in [0.15, 0.2) is 0 Å². The van der Waals surface area contributed by atoms with Crippen molar-refractivity contribution in [2.45, 2.75) is 39.2 Å². The molecule has 32 heavy (non-hydrogen) atoms. The predicted molar refractivity (Wildman–Crippen MR) is 122 cm³/mol. The molecule has 8 heteroatoms. The Bertz CT molecular complexity index is 1380. The third-order valence-electron chi connectivity index (χ3n) is 6.13. The first kappa shape index (κ1) is 20.4. The average Bonchev–Trinajstić information content (AvgIpc) is 3.43. The van der Waals surface area contributed by atoms with Crippen LogP contribution in [0, 0.1) is 13.8 Å². The van der Waals surface area contributed by atoms with Crippen LogP contribution in [-0.4, -0.2) is 26.3 Å². The third kappa shape index (κ3) is 3.46. The Balaban J connectivity index is 1.51. The number of ether oxygens (including phenoxy) is 1. The van der Waals surface area contributed by atoms with Crippen molar-refractivity contribution >= 4 is 22.5 Å². The van der Waals surface area contributed by atoms with Gasteiger partial charge in [-0.3, -0.25) is 9.78 Å². The Morgan fingerprint density at radius 1 is 1.16 bits per heavy atom.